The summed E-state index contributed by atoms with van der Waals surface area (Å²) in [6, 6.07) is -3.01. The van der Waals surface area contributed by atoms with E-state index in [0.717, 1.165) is 0 Å². The van der Waals surface area contributed by atoms with Gasteiger partial charge in [-0.2, -0.15) is 0 Å². The number of unbranched alkanes of at least 4 members (excludes halogenated alkanes) is 1. The van der Waals surface area contributed by atoms with E-state index in [-0.39, 0.29) is 19.3 Å². The zero-order valence-corrected chi connectivity index (χ0v) is 18.6. The van der Waals surface area contributed by atoms with Crippen molar-refractivity contribution in [2.24, 2.45) is 11.5 Å². The van der Waals surface area contributed by atoms with Crippen molar-refractivity contribution in [1.29, 1.82) is 0 Å². The molecule has 14 nitrogen and oxygen atoms in total. The number of carboxylic acid groups (broad SMARTS) is 1. The smallest absolute Gasteiger partial charge is 0.322 e. The number of hydrogen-bond acceptors (Lipinski definition) is 8. The van der Waals surface area contributed by atoms with Crippen LogP contribution in [-0.2, 0) is 32.0 Å². The summed E-state index contributed by atoms with van der Waals surface area (Å²) >= 11 is 0. The summed E-state index contributed by atoms with van der Waals surface area (Å²) in [7, 11) is 0. The van der Waals surface area contributed by atoms with Crippen LogP contribution < -0.4 is 27.4 Å². The maximum Gasteiger partial charge on any atom is 0.322 e. The molecule has 0 aliphatic heterocycles. The third-order valence-electron chi connectivity index (χ3n) is 4.94. The van der Waals surface area contributed by atoms with Gasteiger partial charge in [0.15, 0.2) is 0 Å². The number of H-pyrrole nitrogens is 2. The van der Waals surface area contributed by atoms with Crippen LogP contribution in [0.4, 0.5) is 0 Å². The number of hydrogen-bond donors (Lipinski definition) is 8. The van der Waals surface area contributed by atoms with Crippen LogP contribution in [0.5, 0.6) is 0 Å². The van der Waals surface area contributed by atoms with Gasteiger partial charge in [-0.15, -0.1) is 0 Å². The van der Waals surface area contributed by atoms with Gasteiger partial charge >= 0.3 is 5.97 Å². The molecule has 2 aromatic heterocycles. The number of nitrogens with two attached hydrogens (primary N) is 2. The van der Waals surface area contributed by atoms with Crippen LogP contribution in [0.1, 0.15) is 30.7 Å². The molecule has 14 heteroatoms. The molecule has 10 N–H and O–H groups in total. The fourth-order valence-electron chi connectivity index (χ4n) is 3.15. The Morgan fingerprint density at radius 2 is 1.53 bits per heavy atom. The first kappa shape index (κ1) is 26.5. The average Bonchev–Trinajstić information content (AvgIpc) is 3.50. The molecule has 0 bridgehead atoms. The predicted molar refractivity (Wildman–Crippen MR) is 120 cm³/mol. The van der Waals surface area contributed by atoms with Gasteiger partial charge in [-0.05, 0) is 25.8 Å². The van der Waals surface area contributed by atoms with Crippen LogP contribution in [0.2, 0.25) is 0 Å². The lowest BCUT2D eigenvalue weighted by Crippen LogP contribution is -2.57. The average molecular weight is 478 g/mol. The second kappa shape index (κ2) is 13.7. The zero-order chi connectivity index (χ0) is 24.9. The van der Waals surface area contributed by atoms with Crippen LogP contribution >= 0.6 is 0 Å². The van der Waals surface area contributed by atoms with Crippen molar-refractivity contribution in [3.63, 3.8) is 0 Å². The second-order valence-electron chi connectivity index (χ2n) is 7.69. The van der Waals surface area contributed by atoms with Gasteiger partial charge in [0.1, 0.15) is 18.6 Å². The van der Waals surface area contributed by atoms with E-state index in [2.05, 4.69) is 35.9 Å². The summed E-state index contributed by atoms with van der Waals surface area (Å²) < 4.78 is 0. The van der Waals surface area contributed by atoms with Crippen molar-refractivity contribution < 1.29 is 24.3 Å². The molecule has 186 valence electrons. The van der Waals surface area contributed by atoms with Gasteiger partial charge in [-0.3, -0.25) is 19.2 Å². The molecule has 0 fully saturated rings. The Balaban J connectivity index is 2.09. The normalized spacial score (nSPS) is 13.5. The van der Waals surface area contributed by atoms with Crippen LogP contribution in [0.15, 0.2) is 25.0 Å². The summed E-state index contributed by atoms with van der Waals surface area (Å²) in [5.41, 5.74) is 12.7. The monoisotopic (exact) mass is 477 g/mol. The van der Waals surface area contributed by atoms with Crippen LogP contribution in [0.3, 0.4) is 0 Å². The van der Waals surface area contributed by atoms with Gasteiger partial charge in [0.25, 0.3) is 0 Å². The van der Waals surface area contributed by atoms with Gasteiger partial charge in [-0.1, -0.05) is 0 Å². The number of aliphatic carboxylic acids is 1. The molecule has 3 amide bonds. The Kier molecular flexibility index (Phi) is 10.7. The Bertz CT molecular complexity index is 917. The number of rotatable bonds is 15. The first-order valence-corrected chi connectivity index (χ1v) is 10.8. The van der Waals surface area contributed by atoms with Crippen molar-refractivity contribution in [3.8, 4) is 0 Å². The molecule has 0 aliphatic carbocycles. The summed E-state index contributed by atoms with van der Waals surface area (Å²) in [6.45, 7) is -0.178. The van der Waals surface area contributed by atoms with E-state index in [1.165, 1.54) is 18.9 Å². The third kappa shape index (κ3) is 8.99. The van der Waals surface area contributed by atoms with E-state index in [1.54, 1.807) is 6.20 Å². The number of aromatic nitrogens is 4. The molecule has 2 rings (SSSR count). The minimum absolute atomic E-state index is 0.0701. The van der Waals surface area contributed by atoms with Gasteiger partial charge < -0.3 is 42.5 Å². The first-order chi connectivity index (χ1) is 16.3. The molecule has 3 unspecified atom stereocenters. The van der Waals surface area contributed by atoms with E-state index < -0.39 is 48.4 Å². The zero-order valence-electron chi connectivity index (χ0n) is 18.6. The highest BCUT2D eigenvalue weighted by molar-refractivity contribution is 5.93. The number of nitrogens with zero attached hydrogens (tertiary/aromatic N) is 2. The number of carbonyl (C=O) groups excluding carboxylic acids is 3. The second-order valence-corrected chi connectivity index (χ2v) is 7.69. The Labute approximate surface area is 195 Å². The molecular weight excluding hydrogens is 446 g/mol. The fraction of sp³-hybridized carbons (Fsp3) is 0.500. The molecule has 2 heterocycles. The Hall–Kier alpha value is -3.78. The summed E-state index contributed by atoms with van der Waals surface area (Å²) in [5, 5.41) is 16.3. The van der Waals surface area contributed by atoms with Crippen molar-refractivity contribution in [2.75, 3.05) is 13.1 Å². The highest BCUT2D eigenvalue weighted by Gasteiger charge is 2.29. The maximum atomic E-state index is 13.1. The van der Waals surface area contributed by atoms with E-state index in [0.29, 0.717) is 30.8 Å². The molecule has 34 heavy (non-hydrogen) atoms. The Morgan fingerprint density at radius 1 is 0.912 bits per heavy atom. The predicted octanol–water partition coefficient (Wildman–Crippen LogP) is -2.46. The largest absolute Gasteiger partial charge is 0.480 e. The maximum absolute atomic E-state index is 13.1. The topological polar surface area (TPSA) is 234 Å². The van der Waals surface area contributed by atoms with Crippen molar-refractivity contribution in [1.82, 2.24) is 35.9 Å². The van der Waals surface area contributed by atoms with Crippen LogP contribution in [-0.4, -0.2) is 79.9 Å². The molecule has 0 aromatic carbocycles. The highest BCUT2D eigenvalue weighted by Crippen LogP contribution is 2.05. The highest BCUT2D eigenvalue weighted by atomic mass is 16.4. The SMILES string of the molecule is NCCCCC(NC(=O)C(Cc1cnc[nH]1)NC(=O)C(N)Cc1cnc[nH]1)C(=O)NCC(=O)O. The molecule has 0 saturated heterocycles. The molecule has 0 spiro atoms. The number of imidazole rings is 2. The number of carbonyl (C=O) groups is 4. The summed E-state index contributed by atoms with van der Waals surface area (Å²) in [6.07, 6.45) is 7.62. The lowest BCUT2D eigenvalue weighted by molar-refractivity contribution is -0.138. The number of nitrogens with one attached hydrogen (secondary N) is 5. The van der Waals surface area contributed by atoms with Gasteiger partial charge in [0, 0.05) is 36.6 Å². The standard InChI is InChI=1S/C20H31N9O5/c21-4-2-1-3-15(19(33)25-9-17(30)31)28-20(34)16(6-13-8-24-11-27-13)29-18(32)14(22)5-12-7-23-10-26-12/h7-8,10-11,14-16H,1-6,9,21-22H2,(H,23,26)(H,24,27)(H,25,33)(H,28,34)(H,29,32)(H,30,31). The number of aromatic amines is 2. The summed E-state index contributed by atoms with van der Waals surface area (Å²) in [5.74, 6) is -3.05. The molecule has 3 atom stereocenters. The van der Waals surface area contributed by atoms with Gasteiger partial charge in [0.2, 0.25) is 17.7 Å². The van der Waals surface area contributed by atoms with E-state index >= 15 is 0 Å². The molecular formula is C20H31N9O5. The van der Waals surface area contributed by atoms with Crippen molar-refractivity contribution in [2.45, 2.75) is 50.2 Å². The van der Waals surface area contributed by atoms with Crippen molar-refractivity contribution in [3.05, 3.63) is 36.4 Å². The minimum Gasteiger partial charge on any atom is -0.480 e. The number of amides is 3. The quantitative estimate of drug-likeness (QED) is 0.127. The molecule has 2 aromatic rings. The minimum atomic E-state index is -1.21. The first-order valence-electron chi connectivity index (χ1n) is 10.8. The number of carboxylic acids is 1. The molecule has 0 saturated carbocycles. The molecule has 0 radical (unpaired) electrons. The van der Waals surface area contributed by atoms with E-state index in [1.807, 2.05) is 0 Å². The molecule has 0 aliphatic rings. The van der Waals surface area contributed by atoms with Crippen LogP contribution in [0.25, 0.3) is 0 Å². The lowest BCUT2D eigenvalue weighted by Gasteiger charge is -2.24. The third-order valence-corrected chi connectivity index (χ3v) is 4.94. The summed E-state index contributed by atoms with van der Waals surface area (Å²) in [4.78, 5) is 62.6. The van der Waals surface area contributed by atoms with Gasteiger partial charge in [0.05, 0.1) is 18.7 Å². The Morgan fingerprint density at radius 3 is 2.09 bits per heavy atom. The lowest BCUT2D eigenvalue weighted by atomic mass is 10.1. The van der Waals surface area contributed by atoms with Crippen LogP contribution in [0, 0.1) is 0 Å². The van der Waals surface area contributed by atoms with Crippen molar-refractivity contribution >= 4 is 23.7 Å². The van der Waals surface area contributed by atoms with E-state index in [4.69, 9.17) is 16.6 Å². The fourth-order valence-corrected chi connectivity index (χ4v) is 3.15. The van der Waals surface area contributed by atoms with E-state index in [9.17, 15) is 19.2 Å². The van der Waals surface area contributed by atoms with Gasteiger partial charge in [-0.25, -0.2) is 9.97 Å².